The summed E-state index contributed by atoms with van der Waals surface area (Å²) in [6.45, 7) is 2.88. The van der Waals surface area contributed by atoms with Gasteiger partial charge in [-0.2, -0.15) is 0 Å². The fourth-order valence-electron chi connectivity index (χ4n) is 3.75. The summed E-state index contributed by atoms with van der Waals surface area (Å²) in [4.78, 5) is 26.1. The van der Waals surface area contributed by atoms with Gasteiger partial charge in [-0.3, -0.25) is 9.59 Å². The molecule has 0 spiro atoms. The normalized spacial score (nSPS) is 15.8. The molecule has 1 saturated heterocycles. The van der Waals surface area contributed by atoms with Crippen LogP contribution in [0.15, 0.2) is 60.7 Å². The Bertz CT molecular complexity index is 1080. The number of nitrogens with zero attached hydrogens (tertiary/aromatic N) is 3. The standard InChI is InChI=1S/C24H24ClN5O2/c1-16(31)26-20-8-10-21(11-9-20)27-24(32)18-3-2-14-30(15-18)23-13-12-22(28-29-23)17-4-6-19(25)7-5-17/h4-13,18H,2-3,14-15H2,1H3,(H,26,31)(H,27,32)/t18-/m0/s1. The van der Waals surface area contributed by atoms with Crippen molar-refractivity contribution in [1.82, 2.24) is 10.2 Å². The molecule has 8 heteroatoms. The summed E-state index contributed by atoms with van der Waals surface area (Å²) < 4.78 is 0. The molecule has 2 N–H and O–H groups in total. The maximum Gasteiger partial charge on any atom is 0.229 e. The molecule has 7 nitrogen and oxygen atoms in total. The first-order valence-electron chi connectivity index (χ1n) is 10.5. The third-order valence-corrected chi connectivity index (χ3v) is 5.63. The fraction of sp³-hybridized carbons (Fsp3) is 0.250. The minimum atomic E-state index is -0.142. The van der Waals surface area contributed by atoms with Crippen molar-refractivity contribution in [3.8, 4) is 11.3 Å². The van der Waals surface area contributed by atoms with Crippen LogP contribution in [0.1, 0.15) is 19.8 Å². The second kappa shape index (κ2) is 9.78. The van der Waals surface area contributed by atoms with Crippen molar-refractivity contribution >= 4 is 40.6 Å². The van der Waals surface area contributed by atoms with Crippen LogP contribution in [0.2, 0.25) is 5.02 Å². The minimum Gasteiger partial charge on any atom is -0.354 e. The smallest absolute Gasteiger partial charge is 0.229 e. The second-order valence-corrected chi connectivity index (χ2v) is 8.25. The summed E-state index contributed by atoms with van der Waals surface area (Å²) in [6, 6.07) is 18.5. The Hall–Kier alpha value is -3.45. The first kappa shape index (κ1) is 21.8. The van der Waals surface area contributed by atoms with E-state index in [-0.39, 0.29) is 17.7 Å². The second-order valence-electron chi connectivity index (χ2n) is 7.82. The maximum atomic E-state index is 12.8. The number of carbonyl (C=O) groups is 2. The molecule has 164 valence electrons. The molecular formula is C24H24ClN5O2. The third kappa shape index (κ3) is 5.42. The number of aromatic nitrogens is 2. The van der Waals surface area contributed by atoms with Gasteiger partial charge >= 0.3 is 0 Å². The van der Waals surface area contributed by atoms with Crippen molar-refractivity contribution in [2.45, 2.75) is 19.8 Å². The van der Waals surface area contributed by atoms with Gasteiger partial charge in [-0.15, -0.1) is 10.2 Å². The lowest BCUT2D eigenvalue weighted by molar-refractivity contribution is -0.120. The fourth-order valence-corrected chi connectivity index (χ4v) is 3.88. The van der Waals surface area contributed by atoms with Gasteiger partial charge in [0.25, 0.3) is 0 Å². The van der Waals surface area contributed by atoms with Crippen LogP contribution in [0.5, 0.6) is 0 Å². The highest BCUT2D eigenvalue weighted by Gasteiger charge is 2.27. The largest absolute Gasteiger partial charge is 0.354 e. The lowest BCUT2D eigenvalue weighted by Crippen LogP contribution is -2.41. The molecule has 2 amide bonds. The number of nitrogens with one attached hydrogen (secondary N) is 2. The summed E-state index contributed by atoms with van der Waals surface area (Å²) in [6.07, 6.45) is 1.72. The van der Waals surface area contributed by atoms with Crippen LogP contribution in [-0.2, 0) is 9.59 Å². The molecule has 4 rings (SSSR count). The molecule has 0 unspecified atom stereocenters. The molecule has 1 aliphatic rings. The van der Waals surface area contributed by atoms with E-state index in [0.717, 1.165) is 36.5 Å². The number of piperidine rings is 1. The summed E-state index contributed by atoms with van der Waals surface area (Å²) in [5.74, 6) is 0.470. The summed E-state index contributed by atoms with van der Waals surface area (Å²) >= 11 is 5.95. The predicted molar refractivity (Wildman–Crippen MR) is 127 cm³/mol. The van der Waals surface area contributed by atoms with Crippen LogP contribution in [0.4, 0.5) is 17.2 Å². The van der Waals surface area contributed by atoms with Crippen LogP contribution in [-0.4, -0.2) is 35.1 Å². The molecular weight excluding hydrogens is 426 g/mol. The molecule has 1 fully saturated rings. The quantitative estimate of drug-likeness (QED) is 0.593. The highest BCUT2D eigenvalue weighted by molar-refractivity contribution is 6.30. The zero-order valence-electron chi connectivity index (χ0n) is 17.7. The van der Waals surface area contributed by atoms with Gasteiger partial charge in [-0.25, -0.2) is 0 Å². The molecule has 2 aromatic carbocycles. The number of rotatable bonds is 5. The van der Waals surface area contributed by atoms with Gasteiger partial charge < -0.3 is 15.5 Å². The molecule has 1 aliphatic heterocycles. The Morgan fingerprint density at radius 2 is 1.62 bits per heavy atom. The van der Waals surface area contributed by atoms with Gasteiger partial charge in [0.2, 0.25) is 11.8 Å². The van der Waals surface area contributed by atoms with Gasteiger partial charge in [0.1, 0.15) is 0 Å². The first-order chi connectivity index (χ1) is 15.5. The highest BCUT2D eigenvalue weighted by Crippen LogP contribution is 2.25. The predicted octanol–water partition coefficient (Wildman–Crippen LogP) is 4.61. The minimum absolute atomic E-state index is 0.0206. The Morgan fingerprint density at radius 3 is 2.25 bits per heavy atom. The molecule has 1 atom stereocenters. The lowest BCUT2D eigenvalue weighted by atomic mass is 9.97. The van der Waals surface area contributed by atoms with Crippen molar-refractivity contribution < 1.29 is 9.59 Å². The van der Waals surface area contributed by atoms with Gasteiger partial charge in [0, 0.05) is 42.0 Å². The monoisotopic (exact) mass is 449 g/mol. The highest BCUT2D eigenvalue weighted by atomic mass is 35.5. The van der Waals surface area contributed by atoms with Crippen LogP contribution in [0.25, 0.3) is 11.3 Å². The van der Waals surface area contributed by atoms with Crippen LogP contribution >= 0.6 is 11.6 Å². The number of hydrogen-bond acceptors (Lipinski definition) is 5. The van der Waals surface area contributed by atoms with Crippen LogP contribution in [0, 0.1) is 5.92 Å². The number of halogens is 1. The van der Waals surface area contributed by atoms with Gasteiger partial charge in [0.05, 0.1) is 11.6 Å². The molecule has 32 heavy (non-hydrogen) atoms. The number of carbonyl (C=O) groups excluding carboxylic acids is 2. The molecule has 2 heterocycles. The van der Waals surface area contributed by atoms with E-state index in [0.29, 0.717) is 22.9 Å². The van der Waals surface area contributed by atoms with E-state index in [4.69, 9.17) is 11.6 Å². The lowest BCUT2D eigenvalue weighted by Gasteiger charge is -2.32. The Kier molecular flexibility index (Phi) is 6.66. The zero-order chi connectivity index (χ0) is 22.5. The molecule has 3 aromatic rings. The van der Waals surface area contributed by atoms with E-state index in [2.05, 4.69) is 25.7 Å². The van der Waals surface area contributed by atoms with E-state index in [9.17, 15) is 9.59 Å². The van der Waals surface area contributed by atoms with Crippen molar-refractivity contribution in [2.75, 3.05) is 28.6 Å². The first-order valence-corrected chi connectivity index (χ1v) is 10.9. The van der Waals surface area contributed by atoms with Crippen molar-refractivity contribution in [3.05, 3.63) is 65.7 Å². The van der Waals surface area contributed by atoms with Gasteiger partial charge in [-0.1, -0.05) is 23.7 Å². The van der Waals surface area contributed by atoms with Gasteiger partial charge in [-0.05, 0) is 61.4 Å². The number of amides is 2. The summed E-state index contributed by atoms with van der Waals surface area (Å²) in [5.41, 5.74) is 3.13. The number of hydrogen-bond donors (Lipinski definition) is 2. The van der Waals surface area contributed by atoms with Crippen LogP contribution < -0.4 is 15.5 Å². The topological polar surface area (TPSA) is 87.2 Å². The molecule has 0 bridgehead atoms. The van der Waals surface area contributed by atoms with E-state index >= 15 is 0 Å². The van der Waals surface area contributed by atoms with Gasteiger partial charge in [0.15, 0.2) is 5.82 Å². The van der Waals surface area contributed by atoms with E-state index in [1.165, 1.54) is 6.92 Å². The Balaban J connectivity index is 1.37. The third-order valence-electron chi connectivity index (χ3n) is 5.38. The van der Waals surface area contributed by atoms with Crippen molar-refractivity contribution in [2.24, 2.45) is 5.92 Å². The number of anilines is 3. The molecule has 0 saturated carbocycles. The average Bonchev–Trinajstić information content (AvgIpc) is 2.81. The van der Waals surface area contributed by atoms with Crippen molar-refractivity contribution in [3.63, 3.8) is 0 Å². The van der Waals surface area contributed by atoms with E-state index < -0.39 is 0 Å². The maximum absolute atomic E-state index is 12.8. The molecule has 1 aromatic heterocycles. The SMILES string of the molecule is CC(=O)Nc1ccc(NC(=O)[C@H]2CCCN(c3ccc(-c4ccc(Cl)cc4)nn3)C2)cc1. The summed E-state index contributed by atoms with van der Waals surface area (Å²) in [7, 11) is 0. The Labute approximate surface area is 191 Å². The van der Waals surface area contributed by atoms with E-state index in [1.807, 2.05) is 36.4 Å². The van der Waals surface area contributed by atoms with E-state index in [1.54, 1.807) is 24.3 Å². The average molecular weight is 450 g/mol. The zero-order valence-corrected chi connectivity index (χ0v) is 18.5. The Morgan fingerprint density at radius 1 is 0.938 bits per heavy atom. The van der Waals surface area contributed by atoms with Crippen LogP contribution in [0.3, 0.4) is 0 Å². The van der Waals surface area contributed by atoms with Crippen molar-refractivity contribution in [1.29, 1.82) is 0 Å². The number of benzene rings is 2. The summed E-state index contributed by atoms with van der Waals surface area (Å²) in [5, 5.41) is 15.1. The molecule has 0 radical (unpaired) electrons. The molecule has 0 aliphatic carbocycles.